The van der Waals surface area contributed by atoms with Gasteiger partial charge in [0.15, 0.2) is 6.61 Å². The van der Waals surface area contributed by atoms with Crippen molar-refractivity contribution in [3.8, 4) is 0 Å². The molecule has 8 nitrogen and oxygen atoms in total. The summed E-state index contributed by atoms with van der Waals surface area (Å²) in [6.07, 6.45) is 2.74. The Bertz CT molecular complexity index is 850. The fourth-order valence-corrected chi connectivity index (χ4v) is 4.28. The third kappa shape index (κ3) is 5.31. The summed E-state index contributed by atoms with van der Waals surface area (Å²) < 4.78 is 5.09. The van der Waals surface area contributed by atoms with Gasteiger partial charge in [0.25, 0.3) is 5.91 Å². The van der Waals surface area contributed by atoms with Crippen molar-refractivity contribution in [3.63, 3.8) is 0 Å². The molecule has 1 aliphatic carbocycles. The zero-order valence-electron chi connectivity index (χ0n) is 17.0. The molecule has 0 unspecified atom stereocenters. The number of ether oxygens (including phenoxy) is 1. The SMILES string of the molecule is C[C@@H]1CC(=O)[C@H](CC(=O)OCC(=O)N2CC=C(c3ccccc3)CC2)[C@@H]1C[N+](=O)[O-]. The molecule has 3 rings (SSSR count). The summed E-state index contributed by atoms with van der Waals surface area (Å²) in [6, 6.07) is 9.96. The van der Waals surface area contributed by atoms with Gasteiger partial charge < -0.3 is 9.64 Å². The van der Waals surface area contributed by atoms with E-state index in [1.807, 2.05) is 36.4 Å². The van der Waals surface area contributed by atoms with Gasteiger partial charge in [-0.3, -0.25) is 24.5 Å². The zero-order chi connectivity index (χ0) is 21.7. The maximum Gasteiger partial charge on any atom is 0.307 e. The summed E-state index contributed by atoms with van der Waals surface area (Å²) in [6.45, 7) is 2.05. The quantitative estimate of drug-likeness (QED) is 0.385. The molecule has 0 bridgehead atoms. The molecule has 8 heteroatoms. The van der Waals surface area contributed by atoms with Gasteiger partial charge in [0.2, 0.25) is 6.54 Å². The van der Waals surface area contributed by atoms with Gasteiger partial charge in [-0.1, -0.05) is 43.3 Å². The van der Waals surface area contributed by atoms with E-state index in [0.717, 1.165) is 12.0 Å². The molecular weight excluding hydrogens is 388 g/mol. The topological polar surface area (TPSA) is 107 Å². The van der Waals surface area contributed by atoms with Gasteiger partial charge in [0, 0.05) is 36.3 Å². The molecule has 0 N–H and O–H groups in total. The van der Waals surface area contributed by atoms with Crippen molar-refractivity contribution in [2.24, 2.45) is 17.8 Å². The van der Waals surface area contributed by atoms with Crippen LogP contribution in [0, 0.1) is 27.9 Å². The minimum absolute atomic E-state index is 0.138. The Balaban J connectivity index is 1.48. The molecule has 0 spiro atoms. The van der Waals surface area contributed by atoms with E-state index < -0.39 is 22.7 Å². The minimum Gasteiger partial charge on any atom is -0.456 e. The maximum absolute atomic E-state index is 12.4. The Kier molecular flexibility index (Phi) is 6.97. The Morgan fingerprint density at radius 3 is 2.63 bits per heavy atom. The monoisotopic (exact) mass is 414 g/mol. The molecule has 30 heavy (non-hydrogen) atoms. The molecule has 1 saturated carbocycles. The third-order valence-electron chi connectivity index (χ3n) is 5.99. The summed E-state index contributed by atoms with van der Waals surface area (Å²) in [7, 11) is 0. The predicted molar refractivity (Wildman–Crippen MR) is 109 cm³/mol. The molecule has 1 fully saturated rings. The first-order valence-corrected chi connectivity index (χ1v) is 10.2. The van der Waals surface area contributed by atoms with E-state index in [1.165, 1.54) is 5.57 Å². The number of hydrogen-bond donors (Lipinski definition) is 0. The van der Waals surface area contributed by atoms with Gasteiger partial charge in [-0.05, 0) is 23.5 Å². The van der Waals surface area contributed by atoms with E-state index in [4.69, 9.17) is 4.74 Å². The predicted octanol–water partition coefficient (Wildman–Crippen LogP) is 2.35. The highest BCUT2D eigenvalue weighted by Gasteiger charge is 2.44. The first-order valence-electron chi connectivity index (χ1n) is 10.2. The largest absolute Gasteiger partial charge is 0.456 e. The van der Waals surface area contributed by atoms with Crippen molar-refractivity contribution in [1.82, 2.24) is 4.90 Å². The summed E-state index contributed by atoms with van der Waals surface area (Å²) in [4.78, 5) is 48.7. The van der Waals surface area contributed by atoms with Crippen LogP contribution in [-0.4, -0.2) is 53.7 Å². The van der Waals surface area contributed by atoms with Gasteiger partial charge in [0.05, 0.1) is 6.42 Å². The number of hydrogen-bond acceptors (Lipinski definition) is 6. The summed E-state index contributed by atoms with van der Waals surface area (Å²) in [5, 5.41) is 10.9. The van der Waals surface area contributed by atoms with Crippen LogP contribution in [0.25, 0.3) is 5.57 Å². The fourth-order valence-electron chi connectivity index (χ4n) is 4.28. The lowest BCUT2D eigenvalue weighted by Gasteiger charge is -2.26. The smallest absolute Gasteiger partial charge is 0.307 e. The normalized spacial score (nSPS) is 23.8. The van der Waals surface area contributed by atoms with Crippen LogP contribution in [0.15, 0.2) is 36.4 Å². The van der Waals surface area contributed by atoms with Crippen molar-refractivity contribution in [1.29, 1.82) is 0 Å². The van der Waals surface area contributed by atoms with Crippen LogP contribution in [0.1, 0.15) is 31.7 Å². The number of carbonyl (C=O) groups is 3. The number of ketones is 1. The van der Waals surface area contributed by atoms with Crippen LogP contribution in [0.2, 0.25) is 0 Å². The Labute approximate surface area is 175 Å². The number of nitro groups is 1. The second-order valence-electron chi connectivity index (χ2n) is 7.98. The third-order valence-corrected chi connectivity index (χ3v) is 5.99. The van der Waals surface area contributed by atoms with E-state index in [2.05, 4.69) is 0 Å². The van der Waals surface area contributed by atoms with Crippen molar-refractivity contribution in [2.75, 3.05) is 26.2 Å². The highest BCUT2D eigenvalue weighted by Crippen LogP contribution is 2.36. The average Bonchev–Trinajstić information content (AvgIpc) is 2.99. The van der Waals surface area contributed by atoms with Crippen LogP contribution in [0.4, 0.5) is 0 Å². The summed E-state index contributed by atoms with van der Waals surface area (Å²) in [5.74, 6) is -2.42. The molecule has 0 radical (unpaired) electrons. The minimum atomic E-state index is -0.709. The molecule has 1 aromatic carbocycles. The molecule has 0 aromatic heterocycles. The zero-order valence-corrected chi connectivity index (χ0v) is 17.0. The second kappa shape index (κ2) is 9.65. The van der Waals surface area contributed by atoms with Gasteiger partial charge in [-0.2, -0.15) is 0 Å². The number of esters is 1. The van der Waals surface area contributed by atoms with Crippen LogP contribution >= 0.6 is 0 Å². The van der Waals surface area contributed by atoms with Crippen LogP contribution in [0.3, 0.4) is 0 Å². The Morgan fingerprint density at radius 2 is 2.00 bits per heavy atom. The van der Waals surface area contributed by atoms with E-state index >= 15 is 0 Å². The fraction of sp³-hybridized carbons (Fsp3) is 0.500. The molecule has 2 aliphatic rings. The number of rotatable bonds is 7. The molecule has 1 aliphatic heterocycles. The number of nitrogens with zero attached hydrogens (tertiary/aromatic N) is 2. The Hall–Kier alpha value is -3.03. The molecule has 1 amide bonds. The van der Waals surface area contributed by atoms with E-state index in [-0.39, 0.29) is 43.6 Å². The van der Waals surface area contributed by atoms with E-state index in [0.29, 0.717) is 13.1 Å². The molecule has 0 saturated heterocycles. The van der Waals surface area contributed by atoms with Crippen molar-refractivity contribution in [2.45, 2.75) is 26.2 Å². The molecule has 1 aromatic rings. The lowest BCUT2D eigenvalue weighted by atomic mass is 9.88. The van der Waals surface area contributed by atoms with Crippen molar-refractivity contribution in [3.05, 3.63) is 52.1 Å². The number of Topliss-reactive ketones (excluding diaryl/α,β-unsaturated/α-hetero) is 1. The first-order chi connectivity index (χ1) is 14.3. The van der Waals surface area contributed by atoms with E-state index in [1.54, 1.807) is 11.8 Å². The molecule has 160 valence electrons. The first kappa shape index (κ1) is 21.7. The number of carbonyl (C=O) groups excluding carboxylic acids is 3. The maximum atomic E-state index is 12.4. The highest BCUT2D eigenvalue weighted by molar-refractivity contribution is 5.88. The lowest BCUT2D eigenvalue weighted by Crippen LogP contribution is -2.38. The number of benzene rings is 1. The number of amides is 1. The summed E-state index contributed by atoms with van der Waals surface area (Å²) in [5.41, 5.74) is 2.32. The van der Waals surface area contributed by atoms with E-state index in [9.17, 15) is 24.5 Å². The van der Waals surface area contributed by atoms with Crippen LogP contribution in [-0.2, 0) is 19.1 Å². The lowest BCUT2D eigenvalue weighted by molar-refractivity contribution is -0.490. The molecule has 3 atom stereocenters. The average molecular weight is 414 g/mol. The highest BCUT2D eigenvalue weighted by atomic mass is 16.6. The molecule has 1 heterocycles. The van der Waals surface area contributed by atoms with Gasteiger partial charge >= 0.3 is 5.97 Å². The summed E-state index contributed by atoms with van der Waals surface area (Å²) >= 11 is 0. The van der Waals surface area contributed by atoms with Gasteiger partial charge in [-0.15, -0.1) is 0 Å². The van der Waals surface area contributed by atoms with Crippen LogP contribution in [0.5, 0.6) is 0 Å². The van der Waals surface area contributed by atoms with Crippen molar-refractivity contribution < 1.29 is 24.0 Å². The van der Waals surface area contributed by atoms with Crippen LogP contribution < -0.4 is 0 Å². The second-order valence-corrected chi connectivity index (χ2v) is 7.98. The Morgan fingerprint density at radius 1 is 1.27 bits per heavy atom. The van der Waals surface area contributed by atoms with Gasteiger partial charge in [0.1, 0.15) is 5.78 Å². The molecular formula is C22H26N2O6. The van der Waals surface area contributed by atoms with Crippen molar-refractivity contribution >= 4 is 23.2 Å². The van der Waals surface area contributed by atoms with Gasteiger partial charge in [-0.25, -0.2) is 0 Å². The standard InChI is InChI=1S/C22H26N2O6/c1-15-11-20(25)18(19(15)13-24(28)29)12-22(27)30-14-21(26)23-9-7-17(8-10-23)16-5-3-2-4-6-16/h2-7,15,18-19H,8-14H2,1H3/t15-,18-,19-/m1/s1.